The van der Waals surface area contributed by atoms with Gasteiger partial charge < -0.3 is 9.64 Å². The number of hydrazone groups is 1. The van der Waals surface area contributed by atoms with E-state index in [1.165, 1.54) is 11.3 Å². The molecule has 0 saturated carbocycles. The summed E-state index contributed by atoms with van der Waals surface area (Å²) in [6, 6.07) is 11.5. The van der Waals surface area contributed by atoms with Gasteiger partial charge in [-0.25, -0.2) is 5.43 Å². The summed E-state index contributed by atoms with van der Waals surface area (Å²) >= 11 is 3.39. The molecule has 0 fully saturated rings. The van der Waals surface area contributed by atoms with E-state index in [0.29, 0.717) is 11.5 Å². The fourth-order valence-electron chi connectivity index (χ4n) is 4.32. The summed E-state index contributed by atoms with van der Waals surface area (Å²) in [6.07, 6.45) is 3.83. The number of hydrogen-bond donors (Lipinski definition) is 1. The van der Waals surface area contributed by atoms with E-state index in [4.69, 9.17) is 4.74 Å². The number of carbonyl (C=O) groups is 1. The van der Waals surface area contributed by atoms with Crippen molar-refractivity contribution in [3.05, 3.63) is 57.6 Å². The highest BCUT2D eigenvalue weighted by molar-refractivity contribution is 9.10. The van der Waals surface area contributed by atoms with Gasteiger partial charge in [-0.2, -0.15) is 5.10 Å². The minimum Gasteiger partial charge on any atom is -0.496 e. The Balaban J connectivity index is 1.90. The number of rotatable bonds is 6. The largest absolute Gasteiger partial charge is 0.496 e. The van der Waals surface area contributed by atoms with Crippen LogP contribution < -0.4 is 15.1 Å². The second-order valence-corrected chi connectivity index (χ2v) is 9.26. The highest BCUT2D eigenvalue weighted by atomic mass is 79.9. The minimum absolute atomic E-state index is 0.0973. The van der Waals surface area contributed by atoms with Crippen LogP contribution in [0.1, 0.15) is 67.9 Å². The molecule has 1 aliphatic heterocycles. The van der Waals surface area contributed by atoms with E-state index in [9.17, 15) is 4.79 Å². The molecule has 160 valence electrons. The quantitative estimate of drug-likeness (QED) is 0.432. The Morgan fingerprint density at radius 3 is 2.77 bits per heavy atom. The number of nitrogens with zero attached hydrogens (tertiary/aromatic N) is 2. The van der Waals surface area contributed by atoms with Gasteiger partial charge in [-0.05, 0) is 72.3 Å². The molecule has 0 spiro atoms. The van der Waals surface area contributed by atoms with Gasteiger partial charge in [-0.15, -0.1) is 0 Å². The van der Waals surface area contributed by atoms with E-state index in [1.54, 1.807) is 19.4 Å². The molecule has 1 atom stereocenters. The van der Waals surface area contributed by atoms with Crippen molar-refractivity contribution < 1.29 is 9.53 Å². The first-order chi connectivity index (χ1) is 14.3. The van der Waals surface area contributed by atoms with Gasteiger partial charge in [0.2, 0.25) is 0 Å². The predicted molar refractivity (Wildman–Crippen MR) is 127 cm³/mol. The third-order valence-corrected chi connectivity index (χ3v) is 6.36. The first-order valence-corrected chi connectivity index (χ1v) is 11.1. The number of methoxy groups -OCH3 is 1. The lowest BCUT2D eigenvalue weighted by Crippen LogP contribution is -2.48. The molecule has 0 bridgehead atoms. The zero-order chi connectivity index (χ0) is 21.9. The van der Waals surface area contributed by atoms with Gasteiger partial charge in [0.1, 0.15) is 5.75 Å². The zero-order valence-corrected chi connectivity index (χ0v) is 19.9. The van der Waals surface area contributed by atoms with Crippen LogP contribution in [-0.2, 0) is 0 Å². The number of ether oxygens (including phenoxy) is 1. The van der Waals surface area contributed by atoms with E-state index in [2.05, 4.69) is 71.2 Å². The number of anilines is 1. The molecule has 1 N–H and O–H groups in total. The summed E-state index contributed by atoms with van der Waals surface area (Å²) in [6.45, 7) is 10.1. The zero-order valence-electron chi connectivity index (χ0n) is 18.3. The first-order valence-electron chi connectivity index (χ1n) is 10.4. The van der Waals surface area contributed by atoms with Crippen LogP contribution >= 0.6 is 15.9 Å². The van der Waals surface area contributed by atoms with Gasteiger partial charge in [-0.1, -0.05) is 26.0 Å². The van der Waals surface area contributed by atoms with Crippen LogP contribution in [-0.4, -0.2) is 31.3 Å². The molecule has 5 nitrogen and oxygen atoms in total. The number of nitrogens with one attached hydrogen (secondary N) is 1. The van der Waals surface area contributed by atoms with Crippen LogP contribution in [0.4, 0.5) is 5.69 Å². The van der Waals surface area contributed by atoms with E-state index in [0.717, 1.165) is 35.2 Å². The SMILES string of the molecule is CCCN1c2cc(OC)c(/C=N\NC(=O)c3ccccc3Br)cc2C(C)CC1(C)C. The maximum Gasteiger partial charge on any atom is 0.272 e. The lowest BCUT2D eigenvalue weighted by atomic mass is 9.79. The fraction of sp³-hybridized carbons (Fsp3) is 0.417. The molecule has 1 heterocycles. The van der Waals surface area contributed by atoms with Crippen molar-refractivity contribution in [1.82, 2.24) is 5.43 Å². The summed E-state index contributed by atoms with van der Waals surface area (Å²) in [5, 5.41) is 4.19. The second-order valence-electron chi connectivity index (χ2n) is 8.40. The van der Waals surface area contributed by atoms with E-state index < -0.39 is 0 Å². The van der Waals surface area contributed by atoms with Gasteiger partial charge >= 0.3 is 0 Å². The van der Waals surface area contributed by atoms with Crippen molar-refractivity contribution >= 4 is 33.7 Å². The van der Waals surface area contributed by atoms with Crippen molar-refractivity contribution in [1.29, 1.82) is 0 Å². The highest BCUT2D eigenvalue weighted by Gasteiger charge is 2.36. The maximum atomic E-state index is 12.4. The third-order valence-electron chi connectivity index (χ3n) is 5.67. The smallest absolute Gasteiger partial charge is 0.272 e. The van der Waals surface area contributed by atoms with Crippen molar-refractivity contribution in [2.45, 2.75) is 52.0 Å². The molecule has 0 aliphatic carbocycles. The third kappa shape index (κ3) is 4.53. The standard InChI is InChI=1S/C24H30BrN3O2/c1-6-11-28-21-13-22(30-5)17(12-19(21)16(2)14-24(28,3)4)15-26-27-23(29)18-9-7-8-10-20(18)25/h7-10,12-13,15-16H,6,11,14H2,1-5H3,(H,27,29)/b26-15-. The van der Waals surface area contributed by atoms with Crippen LogP contribution in [0.5, 0.6) is 5.75 Å². The highest BCUT2D eigenvalue weighted by Crippen LogP contribution is 2.45. The Kier molecular flexibility index (Phi) is 6.86. The lowest BCUT2D eigenvalue weighted by molar-refractivity contribution is 0.0954. The summed E-state index contributed by atoms with van der Waals surface area (Å²) in [4.78, 5) is 14.9. The maximum absolute atomic E-state index is 12.4. The van der Waals surface area contributed by atoms with E-state index in [-0.39, 0.29) is 11.4 Å². The van der Waals surface area contributed by atoms with Crippen LogP contribution in [0.25, 0.3) is 0 Å². The minimum atomic E-state index is -0.264. The molecule has 0 saturated heterocycles. The first kappa shape index (κ1) is 22.3. The average Bonchev–Trinajstić information content (AvgIpc) is 2.70. The lowest BCUT2D eigenvalue weighted by Gasteiger charge is -2.47. The summed E-state index contributed by atoms with van der Waals surface area (Å²) < 4.78 is 6.40. The molecule has 2 aromatic rings. The van der Waals surface area contributed by atoms with Gasteiger partial charge in [-0.3, -0.25) is 4.79 Å². The summed E-state index contributed by atoms with van der Waals surface area (Å²) in [5.74, 6) is 0.912. The molecule has 6 heteroatoms. The Bertz CT molecular complexity index is 955. The molecule has 0 radical (unpaired) electrons. The number of halogens is 1. The molecular weight excluding hydrogens is 442 g/mol. The number of amides is 1. The topological polar surface area (TPSA) is 53.9 Å². The van der Waals surface area contributed by atoms with Crippen molar-refractivity contribution in [3.63, 3.8) is 0 Å². The Morgan fingerprint density at radius 2 is 2.10 bits per heavy atom. The number of benzene rings is 2. The van der Waals surface area contributed by atoms with Crippen molar-refractivity contribution in [2.75, 3.05) is 18.6 Å². The van der Waals surface area contributed by atoms with Crippen molar-refractivity contribution in [2.24, 2.45) is 5.10 Å². The van der Waals surface area contributed by atoms with Gasteiger partial charge in [0.25, 0.3) is 5.91 Å². The molecule has 1 amide bonds. The second kappa shape index (κ2) is 9.21. The van der Waals surface area contributed by atoms with Gasteiger partial charge in [0.05, 0.1) is 18.9 Å². The van der Waals surface area contributed by atoms with Crippen LogP contribution in [0.3, 0.4) is 0 Å². The molecule has 3 rings (SSSR count). The molecule has 0 aromatic heterocycles. The summed E-state index contributed by atoms with van der Waals surface area (Å²) in [5.41, 5.74) is 6.62. The Hall–Kier alpha value is -2.34. The normalized spacial score (nSPS) is 17.7. The van der Waals surface area contributed by atoms with Crippen LogP contribution in [0.15, 0.2) is 46.0 Å². The Labute approximate surface area is 187 Å². The average molecular weight is 472 g/mol. The number of hydrogen-bond acceptors (Lipinski definition) is 4. The predicted octanol–water partition coefficient (Wildman–Crippen LogP) is 5.72. The molecular formula is C24H30BrN3O2. The van der Waals surface area contributed by atoms with Crippen molar-refractivity contribution in [3.8, 4) is 5.75 Å². The van der Waals surface area contributed by atoms with Crippen LogP contribution in [0, 0.1) is 0 Å². The van der Waals surface area contributed by atoms with Gasteiger partial charge in [0, 0.05) is 33.9 Å². The Morgan fingerprint density at radius 1 is 1.37 bits per heavy atom. The fourth-order valence-corrected chi connectivity index (χ4v) is 4.78. The molecule has 1 unspecified atom stereocenters. The molecule has 1 aliphatic rings. The summed E-state index contributed by atoms with van der Waals surface area (Å²) in [7, 11) is 1.67. The monoisotopic (exact) mass is 471 g/mol. The molecule has 30 heavy (non-hydrogen) atoms. The molecule has 2 aromatic carbocycles. The number of carbonyl (C=O) groups excluding carboxylic acids is 1. The number of fused-ring (bicyclic) bond motifs is 1. The van der Waals surface area contributed by atoms with E-state index in [1.807, 2.05) is 18.2 Å². The van der Waals surface area contributed by atoms with Gasteiger partial charge in [0.15, 0.2) is 0 Å². The van der Waals surface area contributed by atoms with E-state index >= 15 is 0 Å². The van der Waals surface area contributed by atoms with Crippen LogP contribution in [0.2, 0.25) is 0 Å².